The molecule has 1 heterocycles. The summed E-state index contributed by atoms with van der Waals surface area (Å²) in [5.74, 6) is -0.257. The highest BCUT2D eigenvalue weighted by molar-refractivity contribution is 7.94. The lowest BCUT2D eigenvalue weighted by Gasteiger charge is -2.14. The second-order valence-corrected chi connectivity index (χ2v) is 8.48. The maximum atomic E-state index is 12.3. The monoisotopic (exact) mass is 316 g/mol. The molecule has 1 aromatic carbocycles. The van der Waals surface area contributed by atoms with Crippen LogP contribution in [0.4, 0.5) is 5.69 Å². The average molecular weight is 316 g/mol. The molecule has 2 rings (SSSR count). The lowest BCUT2D eigenvalue weighted by molar-refractivity contribution is 0.574. The third-order valence-electron chi connectivity index (χ3n) is 3.07. The number of anilines is 1. The summed E-state index contributed by atoms with van der Waals surface area (Å²) in [5.41, 5.74) is 7.33. The van der Waals surface area contributed by atoms with E-state index in [2.05, 4.69) is 4.72 Å². The Morgan fingerprint density at radius 3 is 2.50 bits per heavy atom. The maximum absolute atomic E-state index is 12.3. The van der Waals surface area contributed by atoms with Crippen LogP contribution in [-0.4, -0.2) is 28.6 Å². The Hall–Kier alpha value is -1.38. The largest absolute Gasteiger partial charge is 0.398 e. The van der Waals surface area contributed by atoms with E-state index in [1.54, 1.807) is 19.9 Å². The highest BCUT2D eigenvalue weighted by Crippen LogP contribution is 2.23. The Morgan fingerprint density at radius 2 is 1.95 bits per heavy atom. The van der Waals surface area contributed by atoms with Gasteiger partial charge in [0.15, 0.2) is 9.84 Å². The number of nitrogens with two attached hydrogens (primary N) is 1. The number of rotatable bonds is 3. The van der Waals surface area contributed by atoms with E-state index >= 15 is 0 Å². The van der Waals surface area contributed by atoms with Gasteiger partial charge in [0.1, 0.15) is 0 Å². The van der Waals surface area contributed by atoms with Crippen LogP contribution in [0.5, 0.6) is 0 Å². The molecule has 6 nitrogen and oxygen atoms in total. The van der Waals surface area contributed by atoms with Gasteiger partial charge < -0.3 is 5.73 Å². The molecule has 0 fully saturated rings. The van der Waals surface area contributed by atoms with Gasteiger partial charge in [-0.3, -0.25) is 0 Å². The van der Waals surface area contributed by atoms with Crippen LogP contribution in [0, 0.1) is 13.8 Å². The Kier molecular flexibility index (Phi) is 3.66. The average Bonchev–Trinajstić information content (AvgIpc) is 2.62. The zero-order valence-electron chi connectivity index (χ0n) is 11.1. The number of benzene rings is 1. The zero-order chi connectivity index (χ0) is 15.1. The number of sulfonamides is 1. The van der Waals surface area contributed by atoms with Gasteiger partial charge in [0.25, 0.3) is 0 Å². The van der Waals surface area contributed by atoms with E-state index in [1.807, 2.05) is 0 Å². The fraction of sp³-hybridized carbons (Fsp3) is 0.333. The fourth-order valence-electron chi connectivity index (χ4n) is 2.04. The van der Waals surface area contributed by atoms with Gasteiger partial charge in [0.05, 0.1) is 16.7 Å². The molecule has 0 amide bonds. The van der Waals surface area contributed by atoms with Crippen molar-refractivity contribution in [1.29, 1.82) is 0 Å². The quantitative estimate of drug-likeness (QED) is 0.789. The van der Waals surface area contributed by atoms with Crippen molar-refractivity contribution >= 4 is 25.5 Å². The minimum Gasteiger partial charge on any atom is -0.398 e. The summed E-state index contributed by atoms with van der Waals surface area (Å²) >= 11 is 0. The molecular formula is C12H16N2O4S2. The molecule has 1 atom stereocenters. The van der Waals surface area contributed by atoms with Crippen LogP contribution in [0.3, 0.4) is 0 Å². The highest BCUT2D eigenvalue weighted by atomic mass is 32.2. The predicted octanol–water partition coefficient (Wildman–Crippen LogP) is 0.475. The number of nitrogen functional groups attached to an aromatic ring is 1. The number of sulfone groups is 1. The topological polar surface area (TPSA) is 106 Å². The SMILES string of the molecule is Cc1cc(N)c(C)c(S(=O)(=O)NC2C=CS(=O)(=O)C2)c1. The molecule has 20 heavy (non-hydrogen) atoms. The molecule has 8 heteroatoms. The summed E-state index contributed by atoms with van der Waals surface area (Å²) in [6.45, 7) is 3.36. The van der Waals surface area contributed by atoms with Gasteiger partial charge in [-0.25, -0.2) is 21.6 Å². The first-order valence-corrected chi connectivity index (χ1v) is 9.10. The van der Waals surface area contributed by atoms with Crippen molar-refractivity contribution in [3.05, 3.63) is 34.7 Å². The number of nitrogens with one attached hydrogen (secondary N) is 1. The Labute approximate surface area is 118 Å². The minimum atomic E-state index is -3.82. The van der Waals surface area contributed by atoms with Crippen molar-refractivity contribution in [1.82, 2.24) is 4.72 Å². The van der Waals surface area contributed by atoms with Crippen molar-refractivity contribution in [3.63, 3.8) is 0 Å². The summed E-state index contributed by atoms with van der Waals surface area (Å²) in [4.78, 5) is 0.0766. The molecule has 1 aliphatic rings. The molecule has 3 N–H and O–H groups in total. The van der Waals surface area contributed by atoms with Crippen LogP contribution in [0.2, 0.25) is 0 Å². The minimum absolute atomic E-state index is 0.0766. The number of aryl methyl sites for hydroxylation is 1. The van der Waals surface area contributed by atoms with Crippen LogP contribution < -0.4 is 10.5 Å². The molecule has 1 unspecified atom stereocenters. The molecule has 0 aromatic heterocycles. The van der Waals surface area contributed by atoms with Gasteiger partial charge in [-0.15, -0.1) is 0 Å². The first-order valence-electron chi connectivity index (χ1n) is 5.91. The Balaban J connectivity index is 2.35. The molecule has 0 spiro atoms. The Morgan fingerprint density at radius 1 is 1.30 bits per heavy atom. The van der Waals surface area contributed by atoms with Crippen molar-refractivity contribution in [2.45, 2.75) is 24.8 Å². The molecule has 0 saturated heterocycles. The van der Waals surface area contributed by atoms with Crippen LogP contribution in [0.1, 0.15) is 11.1 Å². The zero-order valence-corrected chi connectivity index (χ0v) is 12.8. The predicted molar refractivity (Wildman–Crippen MR) is 77.4 cm³/mol. The van der Waals surface area contributed by atoms with Crippen molar-refractivity contribution in [3.8, 4) is 0 Å². The van der Waals surface area contributed by atoms with E-state index in [0.717, 1.165) is 11.0 Å². The van der Waals surface area contributed by atoms with Crippen molar-refractivity contribution in [2.24, 2.45) is 0 Å². The summed E-state index contributed by atoms with van der Waals surface area (Å²) < 4.78 is 49.6. The summed E-state index contributed by atoms with van der Waals surface area (Å²) in [7, 11) is -7.12. The van der Waals surface area contributed by atoms with E-state index in [0.29, 0.717) is 11.3 Å². The lowest BCUT2D eigenvalue weighted by atomic mass is 10.1. The van der Waals surface area contributed by atoms with Crippen LogP contribution in [0.25, 0.3) is 0 Å². The maximum Gasteiger partial charge on any atom is 0.241 e. The third kappa shape index (κ3) is 3.02. The van der Waals surface area contributed by atoms with Gasteiger partial charge >= 0.3 is 0 Å². The van der Waals surface area contributed by atoms with Crippen LogP contribution in [-0.2, 0) is 19.9 Å². The normalized spacial score (nSPS) is 21.2. The number of hydrogen-bond donors (Lipinski definition) is 2. The lowest BCUT2D eigenvalue weighted by Crippen LogP contribution is -2.35. The molecule has 110 valence electrons. The molecular weight excluding hydrogens is 300 g/mol. The van der Waals surface area contributed by atoms with E-state index in [9.17, 15) is 16.8 Å². The van der Waals surface area contributed by atoms with Gasteiger partial charge in [0.2, 0.25) is 10.0 Å². The molecule has 1 aliphatic heterocycles. The van der Waals surface area contributed by atoms with E-state index in [-0.39, 0.29) is 10.6 Å². The molecule has 0 radical (unpaired) electrons. The second kappa shape index (κ2) is 4.87. The van der Waals surface area contributed by atoms with Gasteiger partial charge in [0, 0.05) is 11.1 Å². The van der Waals surface area contributed by atoms with Crippen molar-refractivity contribution in [2.75, 3.05) is 11.5 Å². The number of hydrogen-bond acceptors (Lipinski definition) is 5. The molecule has 0 aliphatic carbocycles. The van der Waals surface area contributed by atoms with Crippen molar-refractivity contribution < 1.29 is 16.8 Å². The van der Waals surface area contributed by atoms with Gasteiger partial charge in [-0.2, -0.15) is 0 Å². The van der Waals surface area contributed by atoms with E-state index < -0.39 is 25.9 Å². The third-order valence-corrected chi connectivity index (χ3v) is 6.08. The first-order chi connectivity index (χ1) is 9.11. The summed E-state index contributed by atoms with van der Waals surface area (Å²) in [5, 5.41) is 1.03. The van der Waals surface area contributed by atoms with E-state index in [4.69, 9.17) is 5.73 Å². The van der Waals surface area contributed by atoms with Crippen LogP contribution in [0.15, 0.2) is 28.5 Å². The van der Waals surface area contributed by atoms with Gasteiger partial charge in [-0.1, -0.05) is 6.08 Å². The summed E-state index contributed by atoms with van der Waals surface area (Å²) in [6.07, 6.45) is 1.33. The molecule has 0 bridgehead atoms. The first kappa shape index (κ1) is 15.0. The molecule has 0 saturated carbocycles. The molecule has 1 aromatic rings. The van der Waals surface area contributed by atoms with Gasteiger partial charge in [-0.05, 0) is 37.1 Å². The summed E-state index contributed by atoms with van der Waals surface area (Å²) in [6, 6.07) is 2.46. The standard InChI is InChI=1S/C12H16N2O4S2/c1-8-5-11(13)9(2)12(6-8)20(17,18)14-10-3-4-19(15,16)7-10/h3-6,10,14H,7,13H2,1-2H3. The van der Waals surface area contributed by atoms with Crippen LogP contribution >= 0.6 is 0 Å². The smallest absolute Gasteiger partial charge is 0.241 e. The highest BCUT2D eigenvalue weighted by Gasteiger charge is 2.28. The fourth-order valence-corrected chi connectivity index (χ4v) is 4.93. The Bertz CT molecular complexity index is 780. The second-order valence-electron chi connectivity index (χ2n) is 4.86. The van der Waals surface area contributed by atoms with E-state index in [1.165, 1.54) is 12.1 Å².